The summed E-state index contributed by atoms with van der Waals surface area (Å²) in [5.41, 5.74) is 1.65. The van der Waals surface area contributed by atoms with Gasteiger partial charge in [-0.25, -0.2) is 9.78 Å². The van der Waals surface area contributed by atoms with Gasteiger partial charge in [0.1, 0.15) is 4.34 Å². The molecule has 0 aliphatic rings. The van der Waals surface area contributed by atoms with Crippen molar-refractivity contribution in [3.8, 4) is 0 Å². The van der Waals surface area contributed by atoms with E-state index in [0.717, 1.165) is 41.6 Å². The summed E-state index contributed by atoms with van der Waals surface area (Å²) in [5.74, 6) is -0.136. The van der Waals surface area contributed by atoms with Crippen molar-refractivity contribution in [3.63, 3.8) is 0 Å². The molecule has 0 unspecified atom stereocenters. The second kappa shape index (κ2) is 11.6. The number of carboxylic acid groups (broad SMARTS) is 1. The van der Waals surface area contributed by atoms with Gasteiger partial charge in [0.05, 0.1) is 10.2 Å². The lowest BCUT2D eigenvalue weighted by molar-refractivity contribution is -0.137. The van der Waals surface area contributed by atoms with E-state index in [1.54, 1.807) is 4.90 Å². The molecule has 0 aliphatic carbocycles. The van der Waals surface area contributed by atoms with E-state index >= 15 is 0 Å². The lowest BCUT2D eigenvalue weighted by Crippen LogP contribution is -2.41. The number of thiazole rings is 1. The highest BCUT2D eigenvalue weighted by atomic mass is 32.2. The van der Waals surface area contributed by atoms with Gasteiger partial charge in [-0.3, -0.25) is 9.69 Å². The first-order valence-corrected chi connectivity index (χ1v) is 11.4. The summed E-state index contributed by atoms with van der Waals surface area (Å²) in [6, 6.07) is 5.57. The number of nitrogens with zero attached hydrogens (tertiary/aromatic N) is 5. The van der Waals surface area contributed by atoms with Gasteiger partial charge >= 0.3 is 12.0 Å². The van der Waals surface area contributed by atoms with Gasteiger partial charge < -0.3 is 10.4 Å². The Balaban J connectivity index is 1.58. The number of amides is 2. The molecule has 0 saturated heterocycles. The number of anilines is 1. The smallest absolute Gasteiger partial charge is 0.321 e. The van der Waals surface area contributed by atoms with Crippen LogP contribution in [0.1, 0.15) is 44.3 Å². The van der Waals surface area contributed by atoms with Crippen molar-refractivity contribution in [3.05, 3.63) is 24.0 Å². The minimum atomic E-state index is -0.793. The average Bonchev–Trinajstić information content (AvgIpc) is 3.38. The van der Waals surface area contributed by atoms with Gasteiger partial charge in [0, 0.05) is 31.6 Å². The number of aliphatic carboxylic acids is 1. The highest BCUT2D eigenvalue weighted by Crippen LogP contribution is 2.29. The van der Waals surface area contributed by atoms with Crippen LogP contribution in [-0.4, -0.2) is 55.8 Å². The zero-order chi connectivity index (χ0) is 22.1. The number of H-pyrrole nitrogens is 1. The van der Waals surface area contributed by atoms with Crippen LogP contribution in [0.5, 0.6) is 0 Å². The summed E-state index contributed by atoms with van der Waals surface area (Å²) in [6.07, 6.45) is 4.55. The van der Waals surface area contributed by atoms with Crippen LogP contribution in [0, 0.1) is 0 Å². The molecule has 0 bridgehead atoms. The zero-order valence-electron chi connectivity index (χ0n) is 17.0. The molecule has 1 aromatic carbocycles. The van der Waals surface area contributed by atoms with Gasteiger partial charge in [-0.1, -0.05) is 11.6 Å². The maximum absolute atomic E-state index is 12.9. The van der Waals surface area contributed by atoms with Crippen molar-refractivity contribution < 1.29 is 14.7 Å². The van der Waals surface area contributed by atoms with Crippen molar-refractivity contribution in [1.82, 2.24) is 30.9 Å². The molecule has 12 heteroatoms. The number of carboxylic acids is 1. The van der Waals surface area contributed by atoms with E-state index in [-0.39, 0.29) is 12.5 Å². The van der Waals surface area contributed by atoms with Crippen LogP contribution < -0.4 is 10.2 Å². The number of urea groups is 1. The number of benzene rings is 1. The quantitative estimate of drug-likeness (QED) is 0.239. The van der Waals surface area contributed by atoms with Gasteiger partial charge in [0.2, 0.25) is 0 Å². The predicted molar refractivity (Wildman–Crippen MR) is 121 cm³/mol. The Morgan fingerprint density at radius 3 is 2.84 bits per heavy atom. The molecule has 10 nitrogen and oxygen atoms in total. The number of tetrazole rings is 1. The predicted octanol–water partition coefficient (Wildman–Crippen LogP) is 3.28. The van der Waals surface area contributed by atoms with Gasteiger partial charge in [0.15, 0.2) is 5.82 Å². The number of carbonyl (C=O) groups is 2. The molecule has 0 radical (unpaired) electrons. The zero-order valence-corrected chi connectivity index (χ0v) is 18.7. The van der Waals surface area contributed by atoms with E-state index in [2.05, 4.69) is 43.6 Å². The van der Waals surface area contributed by atoms with Crippen LogP contribution in [0.25, 0.3) is 10.2 Å². The summed E-state index contributed by atoms with van der Waals surface area (Å²) in [7, 11) is 0. The minimum absolute atomic E-state index is 0.155. The van der Waals surface area contributed by atoms with Gasteiger partial charge in [0.25, 0.3) is 0 Å². The third-order valence-electron chi connectivity index (χ3n) is 4.68. The largest absolute Gasteiger partial charge is 0.481 e. The Morgan fingerprint density at radius 2 is 2.06 bits per heavy atom. The Labute approximate surface area is 188 Å². The third kappa shape index (κ3) is 7.17. The van der Waals surface area contributed by atoms with E-state index in [1.807, 2.05) is 18.2 Å². The summed E-state index contributed by atoms with van der Waals surface area (Å²) in [5, 5.41) is 25.5. The number of unbranched alkanes of at least 4 members (excludes halogenated alkanes) is 3. The van der Waals surface area contributed by atoms with Crippen LogP contribution in [0.2, 0.25) is 0 Å². The van der Waals surface area contributed by atoms with Crippen LogP contribution in [0.15, 0.2) is 22.5 Å². The Kier molecular flexibility index (Phi) is 8.59. The fraction of sp³-hybridized carbons (Fsp3) is 0.474. The minimum Gasteiger partial charge on any atom is -0.481 e. The number of fused-ring (bicyclic) bond motifs is 1. The summed E-state index contributed by atoms with van der Waals surface area (Å²) < 4.78 is 1.66. The molecule has 0 atom stereocenters. The lowest BCUT2D eigenvalue weighted by Gasteiger charge is -2.23. The van der Waals surface area contributed by atoms with Gasteiger partial charge in [-0.05, 0) is 43.9 Å². The van der Waals surface area contributed by atoms with Crippen molar-refractivity contribution in [1.29, 1.82) is 0 Å². The highest BCUT2D eigenvalue weighted by molar-refractivity contribution is 7.82. The first-order chi connectivity index (χ1) is 15.0. The Hall–Kier alpha value is -2.73. The second-order valence-electron chi connectivity index (χ2n) is 7.02. The number of hydrogen-bond donors (Lipinski definition) is 4. The van der Waals surface area contributed by atoms with E-state index in [4.69, 9.17) is 5.11 Å². The second-order valence-corrected chi connectivity index (χ2v) is 8.78. The number of aryl methyl sites for hydroxylation is 1. The topological polar surface area (TPSA) is 137 Å². The number of rotatable bonds is 12. The summed E-state index contributed by atoms with van der Waals surface area (Å²) in [6.45, 7) is 1.04. The summed E-state index contributed by atoms with van der Waals surface area (Å²) in [4.78, 5) is 29.6. The molecule has 0 saturated carbocycles. The summed E-state index contributed by atoms with van der Waals surface area (Å²) >= 11 is 5.78. The Morgan fingerprint density at radius 1 is 1.19 bits per heavy atom. The number of carbonyl (C=O) groups excluding carboxylic acids is 1. The molecule has 2 aromatic heterocycles. The van der Waals surface area contributed by atoms with Crippen molar-refractivity contribution in [2.75, 3.05) is 18.0 Å². The molecule has 31 heavy (non-hydrogen) atoms. The molecular weight excluding hydrogens is 438 g/mol. The molecule has 0 fully saturated rings. The van der Waals surface area contributed by atoms with E-state index in [9.17, 15) is 9.59 Å². The molecule has 0 spiro atoms. The van der Waals surface area contributed by atoms with Crippen molar-refractivity contribution in [2.45, 2.75) is 49.3 Å². The fourth-order valence-electron chi connectivity index (χ4n) is 3.13. The molecule has 3 N–H and O–H groups in total. The van der Waals surface area contributed by atoms with E-state index < -0.39 is 5.97 Å². The highest BCUT2D eigenvalue weighted by Gasteiger charge is 2.16. The molecule has 0 aliphatic heterocycles. The number of thiol groups is 1. The van der Waals surface area contributed by atoms with E-state index in [0.29, 0.717) is 36.1 Å². The average molecular weight is 464 g/mol. The monoisotopic (exact) mass is 463 g/mol. The Bertz CT molecular complexity index is 994. The molecule has 2 heterocycles. The first kappa shape index (κ1) is 22.9. The van der Waals surface area contributed by atoms with Gasteiger partial charge in [-0.2, -0.15) is 5.21 Å². The van der Waals surface area contributed by atoms with Gasteiger partial charge in [-0.15, -0.1) is 34.2 Å². The van der Waals surface area contributed by atoms with Crippen LogP contribution >= 0.6 is 24.0 Å². The normalized spacial score (nSPS) is 11.0. The number of aromatic amines is 1. The first-order valence-electron chi connectivity index (χ1n) is 10.1. The van der Waals surface area contributed by atoms with Crippen LogP contribution in [0.3, 0.4) is 0 Å². The van der Waals surface area contributed by atoms with Crippen LogP contribution in [0.4, 0.5) is 10.5 Å². The maximum atomic E-state index is 12.9. The fourth-order valence-corrected chi connectivity index (χ4v) is 4.27. The number of nitrogens with one attached hydrogen (secondary N) is 2. The lowest BCUT2D eigenvalue weighted by atomic mass is 10.2. The van der Waals surface area contributed by atoms with Crippen molar-refractivity contribution >= 4 is 51.9 Å². The SMILES string of the molecule is O=C(O)CCCCCNC(=O)N(CCCCc1nn[nH]n1)c1ccc2nc(S)sc2c1. The number of aromatic nitrogens is 5. The van der Waals surface area contributed by atoms with Crippen molar-refractivity contribution in [2.24, 2.45) is 0 Å². The molecule has 3 aromatic rings. The standard InChI is InChI=1S/C19H25N7O3S2/c27-17(28)7-2-1-4-10-20-18(29)26(11-5-3-6-16-22-24-25-23-16)13-8-9-14-15(12-13)31-19(30)21-14/h8-9,12H,1-7,10-11H2,(H,20,29)(H,21,30)(H,27,28)(H,22,23,24,25). The molecule has 2 amide bonds. The molecular formula is C19H25N7O3S2. The maximum Gasteiger partial charge on any atom is 0.321 e. The van der Waals surface area contributed by atoms with E-state index in [1.165, 1.54) is 11.3 Å². The molecule has 166 valence electrons. The van der Waals surface area contributed by atoms with Crippen LogP contribution in [-0.2, 0) is 11.2 Å². The molecule has 3 rings (SSSR count). The number of hydrogen-bond acceptors (Lipinski definition) is 8. The third-order valence-corrected chi connectivity index (χ3v) is 5.88.